The third-order valence-corrected chi connectivity index (χ3v) is 5.51. The molecule has 0 aliphatic carbocycles. The van der Waals surface area contributed by atoms with Crippen molar-refractivity contribution < 1.29 is 13.2 Å². The summed E-state index contributed by atoms with van der Waals surface area (Å²) in [6.45, 7) is 5.40. The second-order valence-electron chi connectivity index (χ2n) is 3.98. The van der Waals surface area contributed by atoms with Crippen LogP contribution >= 0.6 is 22.0 Å². The molecule has 0 aromatic carbocycles. The van der Waals surface area contributed by atoms with Crippen LogP contribution in [0.15, 0.2) is 16.3 Å². The van der Waals surface area contributed by atoms with Gasteiger partial charge < -0.3 is 5.32 Å². The van der Waals surface area contributed by atoms with Gasteiger partial charge in [0.25, 0.3) is 9.05 Å². The SMILES string of the molecule is CC(C)C(=O)N[C@H](C)c1ccc(S(=O)(=O)Cl)s1. The zero-order valence-corrected chi connectivity index (χ0v) is 12.1. The molecule has 0 saturated carbocycles. The van der Waals surface area contributed by atoms with Gasteiger partial charge in [-0.05, 0) is 19.1 Å². The van der Waals surface area contributed by atoms with Crippen molar-refractivity contribution in [2.75, 3.05) is 0 Å². The highest BCUT2D eigenvalue weighted by atomic mass is 35.7. The summed E-state index contributed by atoms with van der Waals surface area (Å²) >= 11 is 1.07. The van der Waals surface area contributed by atoms with Crippen molar-refractivity contribution in [3.63, 3.8) is 0 Å². The Labute approximate surface area is 109 Å². The number of nitrogens with one attached hydrogen (secondary N) is 1. The molecule has 17 heavy (non-hydrogen) atoms. The first-order valence-electron chi connectivity index (χ1n) is 5.06. The van der Waals surface area contributed by atoms with E-state index in [1.54, 1.807) is 26.8 Å². The highest BCUT2D eigenvalue weighted by Gasteiger charge is 2.18. The lowest BCUT2D eigenvalue weighted by Gasteiger charge is -2.13. The first-order chi connectivity index (χ1) is 7.71. The predicted molar refractivity (Wildman–Crippen MR) is 68.8 cm³/mol. The minimum absolute atomic E-state index is 0.0684. The summed E-state index contributed by atoms with van der Waals surface area (Å²) in [4.78, 5) is 12.2. The van der Waals surface area contributed by atoms with Crippen molar-refractivity contribution in [3.8, 4) is 0 Å². The summed E-state index contributed by atoms with van der Waals surface area (Å²) in [6.07, 6.45) is 0. The minimum atomic E-state index is -3.68. The van der Waals surface area contributed by atoms with Crippen LogP contribution in [0.1, 0.15) is 31.7 Å². The van der Waals surface area contributed by atoms with Crippen molar-refractivity contribution in [2.45, 2.75) is 31.0 Å². The molecule has 96 valence electrons. The fourth-order valence-corrected chi connectivity index (χ4v) is 3.24. The van der Waals surface area contributed by atoms with E-state index in [4.69, 9.17) is 10.7 Å². The van der Waals surface area contributed by atoms with Crippen molar-refractivity contribution in [1.29, 1.82) is 0 Å². The van der Waals surface area contributed by atoms with Gasteiger partial charge in [0.05, 0.1) is 6.04 Å². The second kappa shape index (κ2) is 5.37. The van der Waals surface area contributed by atoms with E-state index in [1.807, 2.05) is 0 Å². The highest BCUT2D eigenvalue weighted by molar-refractivity contribution is 8.15. The lowest BCUT2D eigenvalue weighted by Crippen LogP contribution is -2.29. The maximum atomic E-state index is 11.5. The molecular weight excluding hydrogens is 282 g/mol. The number of thiophene rings is 1. The van der Waals surface area contributed by atoms with Gasteiger partial charge in [-0.25, -0.2) is 8.42 Å². The maximum Gasteiger partial charge on any atom is 0.270 e. The van der Waals surface area contributed by atoms with Crippen LogP contribution in [0.5, 0.6) is 0 Å². The quantitative estimate of drug-likeness (QED) is 0.868. The number of halogens is 1. The number of hydrogen-bond acceptors (Lipinski definition) is 4. The van der Waals surface area contributed by atoms with Crippen LogP contribution in [0.2, 0.25) is 0 Å². The Morgan fingerprint density at radius 3 is 2.35 bits per heavy atom. The predicted octanol–water partition coefficient (Wildman–Crippen LogP) is 2.51. The summed E-state index contributed by atoms with van der Waals surface area (Å²) in [5, 5.41) is 2.79. The van der Waals surface area contributed by atoms with Gasteiger partial charge in [0.15, 0.2) is 0 Å². The summed E-state index contributed by atoms with van der Waals surface area (Å²) in [7, 11) is 1.55. The maximum absolute atomic E-state index is 11.5. The topological polar surface area (TPSA) is 63.2 Å². The third kappa shape index (κ3) is 3.97. The Balaban J connectivity index is 2.81. The first kappa shape index (κ1) is 14.5. The lowest BCUT2D eigenvalue weighted by molar-refractivity contribution is -0.124. The van der Waals surface area contributed by atoms with Gasteiger partial charge in [-0.15, -0.1) is 11.3 Å². The van der Waals surface area contributed by atoms with Gasteiger partial charge >= 0.3 is 0 Å². The molecule has 0 aliphatic heterocycles. The molecule has 0 saturated heterocycles. The average molecular weight is 296 g/mol. The zero-order chi connectivity index (χ0) is 13.2. The van der Waals surface area contributed by atoms with Gasteiger partial charge in [0, 0.05) is 21.5 Å². The van der Waals surface area contributed by atoms with E-state index in [0.717, 1.165) is 16.2 Å². The number of rotatable bonds is 4. The molecule has 1 N–H and O–H groups in total. The van der Waals surface area contributed by atoms with Crippen molar-refractivity contribution in [3.05, 3.63) is 17.0 Å². The van der Waals surface area contributed by atoms with Crippen molar-refractivity contribution in [1.82, 2.24) is 5.32 Å². The standard InChI is InChI=1S/C10H14ClNO3S2/c1-6(2)10(13)12-7(3)8-4-5-9(16-8)17(11,14)15/h4-7H,1-3H3,(H,12,13)/t7-/m1/s1. The van der Waals surface area contributed by atoms with Crippen LogP contribution in [-0.4, -0.2) is 14.3 Å². The fourth-order valence-electron chi connectivity index (χ4n) is 1.15. The summed E-state index contributed by atoms with van der Waals surface area (Å²) in [5.74, 6) is -0.171. The summed E-state index contributed by atoms with van der Waals surface area (Å²) < 4.78 is 22.3. The molecule has 1 atom stereocenters. The summed E-state index contributed by atoms with van der Waals surface area (Å²) in [5.41, 5.74) is 0. The molecule has 0 unspecified atom stereocenters. The Morgan fingerprint density at radius 2 is 1.94 bits per heavy atom. The molecule has 1 aromatic rings. The van der Waals surface area contributed by atoms with E-state index in [0.29, 0.717) is 0 Å². The monoisotopic (exact) mass is 295 g/mol. The number of carbonyl (C=O) groups excluding carboxylic acids is 1. The van der Waals surface area contributed by atoms with E-state index < -0.39 is 9.05 Å². The van der Waals surface area contributed by atoms with E-state index in [-0.39, 0.29) is 22.1 Å². The molecule has 1 amide bonds. The molecule has 0 radical (unpaired) electrons. The van der Waals surface area contributed by atoms with E-state index in [2.05, 4.69) is 5.32 Å². The molecule has 0 aliphatic rings. The smallest absolute Gasteiger partial charge is 0.270 e. The van der Waals surface area contributed by atoms with Crippen molar-refractivity contribution >= 4 is 37.0 Å². The normalized spacial score (nSPS) is 13.7. The molecule has 1 rings (SSSR count). The molecule has 0 bridgehead atoms. The molecule has 0 fully saturated rings. The number of amides is 1. The van der Waals surface area contributed by atoms with Gasteiger partial charge in [-0.1, -0.05) is 13.8 Å². The Morgan fingerprint density at radius 1 is 1.35 bits per heavy atom. The molecule has 1 heterocycles. The molecule has 7 heteroatoms. The number of hydrogen-bond donors (Lipinski definition) is 1. The Bertz CT molecular complexity index is 507. The first-order valence-corrected chi connectivity index (χ1v) is 8.19. The van der Waals surface area contributed by atoms with Crippen LogP contribution < -0.4 is 5.32 Å². The van der Waals surface area contributed by atoms with Crippen LogP contribution in [0.25, 0.3) is 0 Å². The van der Waals surface area contributed by atoms with Crippen molar-refractivity contribution in [2.24, 2.45) is 5.92 Å². The zero-order valence-electron chi connectivity index (χ0n) is 9.73. The van der Waals surface area contributed by atoms with Gasteiger partial charge in [0.2, 0.25) is 5.91 Å². The average Bonchev–Trinajstić information content (AvgIpc) is 2.65. The van der Waals surface area contributed by atoms with E-state index >= 15 is 0 Å². The van der Waals surface area contributed by atoms with Crippen LogP contribution in [-0.2, 0) is 13.8 Å². The van der Waals surface area contributed by atoms with Crippen LogP contribution in [0.4, 0.5) is 0 Å². The van der Waals surface area contributed by atoms with E-state index in [1.165, 1.54) is 6.07 Å². The van der Waals surface area contributed by atoms with Gasteiger partial charge in [-0.2, -0.15) is 0 Å². The van der Waals surface area contributed by atoms with Crippen LogP contribution in [0.3, 0.4) is 0 Å². The lowest BCUT2D eigenvalue weighted by atomic mass is 10.2. The molecular formula is C10H14ClNO3S2. The Kier molecular flexibility index (Phi) is 4.57. The number of carbonyl (C=O) groups is 1. The molecule has 4 nitrogen and oxygen atoms in total. The summed E-state index contributed by atoms with van der Waals surface area (Å²) in [6, 6.07) is 2.88. The van der Waals surface area contributed by atoms with E-state index in [9.17, 15) is 13.2 Å². The highest BCUT2D eigenvalue weighted by Crippen LogP contribution is 2.28. The van der Waals surface area contributed by atoms with Crippen LogP contribution in [0, 0.1) is 5.92 Å². The minimum Gasteiger partial charge on any atom is -0.349 e. The van der Waals surface area contributed by atoms with Gasteiger partial charge in [-0.3, -0.25) is 4.79 Å². The third-order valence-electron chi connectivity index (χ3n) is 2.15. The second-order valence-corrected chi connectivity index (χ2v) is 7.89. The molecule has 1 aromatic heterocycles. The Hall–Kier alpha value is -0.590. The molecule has 0 spiro atoms. The largest absolute Gasteiger partial charge is 0.349 e. The fraction of sp³-hybridized carbons (Fsp3) is 0.500. The van der Waals surface area contributed by atoms with Gasteiger partial charge in [0.1, 0.15) is 4.21 Å².